The van der Waals surface area contributed by atoms with Crippen molar-refractivity contribution in [2.24, 2.45) is 0 Å². The minimum atomic E-state index is -0.963. The molecule has 0 aromatic heterocycles. The molecule has 1 unspecified atom stereocenters. The van der Waals surface area contributed by atoms with Gasteiger partial charge < -0.3 is 24.1 Å². The Balaban J connectivity index is 1.21. The molecule has 50 heavy (non-hydrogen) atoms. The summed E-state index contributed by atoms with van der Waals surface area (Å²) in [4.78, 5) is 0. The molecule has 5 rings (SSSR count). The van der Waals surface area contributed by atoms with Gasteiger partial charge in [0.05, 0.1) is 20.3 Å². The molecule has 0 aliphatic heterocycles. The smallest absolute Gasteiger partial charge is 0.143 e. The molecule has 5 heteroatoms. The molecule has 0 saturated carbocycles. The van der Waals surface area contributed by atoms with Gasteiger partial charge in [0.2, 0.25) is 0 Å². The van der Waals surface area contributed by atoms with Crippen LogP contribution in [0.1, 0.15) is 87.8 Å². The van der Waals surface area contributed by atoms with E-state index in [1.807, 2.05) is 91.0 Å². The van der Waals surface area contributed by atoms with Crippen molar-refractivity contribution in [3.63, 3.8) is 0 Å². The number of hydrogen-bond donors (Lipinski definition) is 1. The average Bonchev–Trinajstić information content (AvgIpc) is 3.17. The van der Waals surface area contributed by atoms with Crippen LogP contribution in [-0.4, -0.2) is 38.1 Å². The standard InChI is InChI=1S/C45H54O5/c1-3-4-5-6-7-8-9-10-11-20-33-48-43-31-32-44(42-26-19-18-25-41(42)43)49-34-39(46)35-50-45(36-21-14-12-15-22-36,37-23-16-13-17-24-37)38-27-29-40(47-2)30-28-38/h12-19,21-32,39,46H,3-11,20,33-35H2,1-2H3. The molecule has 5 aromatic rings. The third-order valence-electron chi connectivity index (χ3n) is 9.38. The summed E-state index contributed by atoms with van der Waals surface area (Å²) in [7, 11) is 1.66. The largest absolute Gasteiger partial charge is 0.497 e. The van der Waals surface area contributed by atoms with Crippen LogP contribution in [0.15, 0.2) is 121 Å². The van der Waals surface area contributed by atoms with Crippen molar-refractivity contribution < 1.29 is 24.1 Å². The normalized spacial score (nSPS) is 12.1. The molecule has 264 valence electrons. The number of benzene rings is 5. The average molecular weight is 675 g/mol. The van der Waals surface area contributed by atoms with Crippen LogP contribution in [0.25, 0.3) is 10.8 Å². The number of aliphatic hydroxyl groups is 1. The lowest BCUT2D eigenvalue weighted by atomic mass is 9.80. The first-order valence-corrected chi connectivity index (χ1v) is 18.5. The molecule has 0 radical (unpaired) electrons. The van der Waals surface area contributed by atoms with Gasteiger partial charge in [-0.15, -0.1) is 0 Å². The first kappa shape index (κ1) is 36.9. The Labute approximate surface area is 299 Å². The Morgan fingerprint density at radius 3 is 1.54 bits per heavy atom. The zero-order chi connectivity index (χ0) is 34.9. The zero-order valence-corrected chi connectivity index (χ0v) is 29.9. The van der Waals surface area contributed by atoms with Crippen LogP contribution in [0.2, 0.25) is 0 Å². The molecule has 1 N–H and O–H groups in total. The minimum absolute atomic E-state index is 0.0494. The molecule has 0 heterocycles. The maximum Gasteiger partial charge on any atom is 0.143 e. The van der Waals surface area contributed by atoms with Crippen LogP contribution in [-0.2, 0) is 10.3 Å². The van der Waals surface area contributed by atoms with Gasteiger partial charge >= 0.3 is 0 Å². The van der Waals surface area contributed by atoms with Gasteiger partial charge in [-0.25, -0.2) is 0 Å². The molecule has 5 nitrogen and oxygen atoms in total. The van der Waals surface area contributed by atoms with E-state index in [9.17, 15) is 5.11 Å². The predicted molar refractivity (Wildman–Crippen MR) is 205 cm³/mol. The number of unbranched alkanes of at least 4 members (excludes halogenated alkanes) is 9. The zero-order valence-electron chi connectivity index (χ0n) is 29.9. The predicted octanol–water partition coefficient (Wildman–Crippen LogP) is 10.9. The van der Waals surface area contributed by atoms with E-state index in [-0.39, 0.29) is 13.2 Å². The van der Waals surface area contributed by atoms with Crippen molar-refractivity contribution in [1.82, 2.24) is 0 Å². The number of methoxy groups -OCH3 is 1. The SMILES string of the molecule is CCCCCCCCCCCCOc1ccc(OCC(O)COC(c2ccccc2)(c2ccccc2)c2ccc(OC)cc2)c2ccccc12. The van der Waals surface area contributed by atoms with Crippen LogP contribution in [0.5, 0.6) is 17.2 Å². The topological polar surface area (TPSA) is 57.2 Å². The van der Waals surface area contributed by atoms with E-state index < -0.39 is 11.7 Å². The van der Waals surface area contributed by atoms with E-state index in [1.165, 1.54) is 57.8 Å². The lowest BCUT2D eigenvalue weighted by molar-refractivity contribution is -0.0492. The second-order valence-corrected chi connectivity index (χ2v) is 13.1. The fraction of sp³-hybridized carbons (Fsp3) is 0.378. The number of ether oxygens (including phenoxy) is 4. The number of rotatable bonds is 22. The van der Waals surface area contributed by atoms with E-state index in [4.69, 9.17) is 18.9 Å². The third kappa shape index (κ3) is 9.89. The molecule has 0 saturated heterocycles. The fourth-order valence-electron chi connectivity index (χ4n) is 6.64. The molecule has 0 amide bonds. The van der Waals surface area contributed by atoms with Crippen molar-refractivity contribution in [1.29, 1.82) is 0 Å². The highest BCUT2D eigenvalue weighted by atomic mass is 16.5. The van der Waals surface area contributed by atoms with Gasteiger partial charge in [0, 0.05) is 10.8 Å². The second-order valence-electron chi connectivity index (χ2n) is 13.1. The van der Waals surface area contributed by atoms with E-state index in [0.717, 1.165) is 45.4 Å². The Morgan fingerprint density at radius 1 is 0.520 bits per heavy atom. The molecule has 5 aromatic carbocycles. The molecule has 1 atom stereocenters. The van der Waals surface area contributed by atoms with Crippen LogP contribution >= 0.6 is 0 Å². The summed E-state index contributed by atoms with van der Waals surface area (Å²) in [6.07, 6.45) is 12.1. The first-order chi connectivity index (χ1) is 24.7. The maximum absolute atomic E-state index is 11.3. The molecule has 0 spiro atoms. The molecule has 0 fully saturated rings. The first-order valence-electron chi connectivity index (χ1n) is 18.5. The van der Waals surface area contributed by atoms with Gasteiger partial charge in [0.25, 0.3) is 0 Å². The summed E-state index contributed by atoms with van der Waals surface area (Å²) in [5.74, 6) is 2.33. The van der Waals surface area contributed by atoms with Gasteiger partial charge in [0.1, 0.15) is 35.6 Å². The minimum Gasteiger partial charge on any atom is -0.497 e. The van der Waals surface area contributed by atoms with Crippen molar-refractivity contribution in [3.05, 3.63) is 138 Å². The number of fused-ring (bicyclic) bond motifs is 1. The van der Waals surface area contributed by atoms with Gasteiger partial charge in [-0.05, 0) is 47.4 Å². The summed E-state index contributed by atoms with van der Waals surface area (Å²) in [5.41, 5.74) is 1.89. The van der Waals surface area contributed by atoms with Crippen LogP contribution in [0.4, 0.5) is 0 Å². The van der Waals surface area contributed by atoms with Gasteiger partial charge in [-0.3, -0.25) is 0 Å². The molecular weight excluding hydrogens is 620 g/mol. The quantitative estimate of drug-likeness (QED) is 0.0585. The number of aliphatic hydroxyl groups excluding tert-OH is 1. The van der Waals surface area contributed by atoms with Gasteiger partial charge in [0.15, 0.2) is 0 Å². The summed E-state index contributed by atoms with van der Waals surface area (Å²) in [5, 5.41) is 13.3. The Hall–Kier alpha value is -4.32. The fourth-order valence-corrected chi connectivity index (χ4v) is 6.64. The highest BCUT2D eigenvalue weighted by Gasteiger charge is 2.38. The van der Waals surface area contributed by atoms with E-state index >= 15 is 0 Å². The van der Waals surface area contributed by atoms with Crippen molar-refractivity contribution in [2.75, 3.05) is 26.9 Å². The summed E-state index contributed by atoms with van der Waals surface area (Å²) in [6.45, 7) is 3.10. The van der Waals surface area contributed by atoms with E-state index in [1.54, 1.807) is 7.11 Å². The van der Waals surface area contributed by atoms with Crippen LogP contribution in [0.3, 0.4) is 0 Å². The van der Waals surface area contributed by atoms with E-state index in [2.05, 4.69) is 37.3 Å². The summed E-state index contributed by atoms with van der Waals surface area (Å²) in [6, 6.07) is 40.3. The van der Waals surface area contributed by atoms with Crippen LogP contribution in [0, 0.1) is 0 Å². The molecule has 0 aliphatic carbocycles. The van der Waals surface area contributed by atoms with Crippen molar-refractivity contribution >= 4 is 10.8 Å². The summed E-state index contributed by atoms with van der Waals surface area (Å²) >= 11 is 0. The molecule has 0 bridgehead atoms. The van der Waals surface area contributed by atoms with Crippen LogP contribution < -0.4 is 14.2 Å². The lowest BCUT2D eigenvalue weighted by Crippen LogP contribution is -2.37. The second kappa shape index (κ2) is 19.8. The monoisotopic (exact) mass is 674 g/mol. The summed E-state index contributed by atoms with van der Waals surface area (Å²) < 4.78 is 24.8. The maximum atomic E-state index is 11.3. The third-order valence-corrected chi connectivity index (χ3v) is 9.38. The molecular formula is C45H54O5. The lowest BCUT2D eigenvalue weighted by Gasteiger charge is -2.36. The highest BCUT2D eigenvalue weighted by Crippen LogP contribution is 2.41. The Morgan fingerprint density at radius 2 is 1.00 bits per heavy atom. The van der Waals surface area contributed by atoms with Gasteiger partial charge in [-0.1, -0.05) is 162 Å². The van der Waals surface area contributed by atoms with Crippen molar-refractivity contribution in [3.8, 4) is 17.2 Å². The van der Waals surface area contributed by atoms with Gasteiger partial charge in [-0.2, -0.15) is 0 Å². The Kier molecular flexibility index (Phi) is 14.6. The Bertz CT molecular complexity index is 1630. The van der Waals surface area contributed by atoms with E-state index in [0.29, 0.717) is 12.4 Å². The molecule has 0 aliphatic rings. The number of hydrogen-bond acceptors (Lipinski definition) is 5. The van der Waals surface area contributed by atoms with Crippen molar-refractivity contribution in [2.45, 2.75) is 82.8 Å². The highest BCUT2D eigenvalue weighted by molar-refractivity contribution is 5.93.